The molecule has 2 N–H and O–H groups in total. The van der Waals surface area contributed by atoms with Crippen LogP contribution in [-0.4, -0.2) is 4.57 Å². The van der Waals surface area contributed by atoms with Crippen LogP contribution in [0.15, 0.2) is 95.1 Å². The van der Waals surface area contributed by atoms with E-state index >= 15 is 0 Å². The third-order valence-electron chi connectivity index (χ3n) is 5.93. The van der Waals surface area contributed by atoms with Crippen LogP contribution in [0.3, 0.4) is 0 Å². The average Bonchev–Trinajstić information content (AvgIpc) is 2.86. The van der Waals surface area contributed by atoms with E-state index in [1.807, 2.05) is 78.9 Å². The number of fused-ring (bicyclic) bond motifs is 3. The number of nitriles is 1. The van der Waals surface area contributed by atoms with E-state index in [2.05, 4.69) is 6.07 Å². The SMILES string of the molecule is Cn1c(=O)c2c(c3ccccc31)OC(N)=C(C#N)[C@@H]2c1ccc(OCc2ccccc2)cc1. The van der Waals surface area contributed by atoms with Crippen molar-refractivity contribution < 1.29 is 9.47 Å². The molecule has 0 spiro atoms. The molecule has 33 heavy (non-hydrogen) atoms. The molecule has 6 nitrogen and oxygen atoms in total. The van der Waals surface area contributed by atoms with Gasteiger partial charge in [-0.3, -0.25) is 4.79 Å². The van der Waals surface area contributed by atoms with Gasteiger partial charge in [0.2, 0.25) is 5.88 Å². The van der Waals surface area contributed by atoms with Crippen molar-refractivity contribution in [3.8, 4) is 17.6 Å². The maximum Gasteiger partial charge on any atom is 0.258 e. The van der Waals surface area contributed by atoms with Crippen molar-refractivity contribution in [3.05, 3.63) is 117 Å². The van der Waals surface area contributed by atoms with Crippen LogP contribution in [-0.2, 0) is 13.7 Å². The van der Waals surface area contributed by atoms with Gasteiger partial charge in [0, 0.05) is 12.4 Å². The van der Waals surface area contributed by atoms with Gasteiger partial charge in [-0.05, 0) is 35.4 Å². The number of allylic oxidation sites excluding steroid dienone is 1. The molecule has 0 fully saturated rings. The summed E-state index contributed by atoms with van der Waals surface area (Å²) < 4.78 is 13.3. The molecule has 0 saturated carbocycles. The van der Waals surface area contributed by atoms with Crippen LogP contribution in [0.25, 0.3) is 10.9 Å². The second-order valence-electron chi connectivity index (χ2n) is 7.89. The first-order chi connectivity index (χ1) is 16.1. The quantitative estimate of drug-likeness (QED) is 0.515. The van der Waals surface area contributed by atoms with Crippen LogP contribution in [0.5, 0.6) is 11.5 Å². The Balaban J connectivity index is 1.58. The Morgan fingerprint density at radius 3 is 2.45 bits per heavy atom. The Bertz CT molecular complexity index is 1480. The third-order valence-corrected chi connectivity index (χ3v) is 5.93. The van der Waals surface area contributed by atoms with Crippen LogP contribution in [0, 0.1) is 11.3 Å². The van der Waals surface area contributed by atoms with Crippen LogP contribution < -0.4 is 20.8 Å². The molecule has 162 valence electrons. The molecule has 1 aliphatic rings. The smallest absolute Gasteiger partial charge is 0.258 e. The molecule has 0 bridgehead atoms. The molecule has 3 aromatic carbocycles. The van der Waals surface area contributed by atoms with Gasteiger partial charge in [0.1, 0.15) is 29.7 Å². The van der Waals surface area contributed by atoms with Crippen LogP contribution >= 0.6 is 0 Å². The number of rotatable bonds is 4. The van der Waals surface area contributed by atoms with Gasteiger partial charge in [0.05, 0.1) is 17.0 Å². The molecule has 0 amide bonds. The van der Waals surface area contributed by atoms with Gasteiger partial charge in [-0.25, -0.2) is 0 Å². The Kier molecular flexibility index (Phi) is 5.08. The lowest BCUT2D eigenvalue weighted by Crippen LogP contribution is -2.31. The average molecular weight is 435 g/mol. The number of aryl methyl sites for hydroxylation is 1. The summed E-state index contributed by atoms with van der Waals surface area (Å²) in [5, 5.41) is 10.6. The van der Waals surface area contributed by atoms with Gasteiger partial charge in [-0.2, -0.15) is 5.26 Å². The monoisotopic (exact) mass is 435 g/mol. The maximum atomic E-state index is 13.4. The molecule has 5 rings (SSSR count). The summed E-state index contributed by atoms with van der Waals surface area (Å²) in [7, 11) is 1.72. The Labute approximate surface area is 190 Å². The molecule has 1 aromatic heterocycles. The second kappa shape index (κ2) is 8.21. The van der Waals surface area contributed by atoms with Crippen molar-refractivity contribution in [2.24, 2.45) is 12.8 Å². The number of hydrogen-bond donors (Lipinski definition) is 1. The van der Waals surface area contributed by atoms with Crippen LogP contribution in [0.2, 0.25) is 0 Å². The normalized spacial score (nSPS) is 15.0. The molecule has 1 aliphatic heterocycles. The first-order valence-electron chi connectivity index (χ1n) is 10.5. The minimum Gasteiger partial charge on any atom is -0.489 e. The maximum absolute atomic E-state index is 13.4. The molecule has 0 saturated heterocycles. The topological polar surface area (TPSA) is 90.3 Å². The Hall–Kier alpha value is -4.50. The largest absolute Gasteiger partial charge is 0.489 e. The summed E-state index contributed by atoms with van der Waals surface area (Å²) >= 11 is 0. The fourth-order valence-corrected chi connectivity index (χ4v) is 4.26. The minimum atomic E-state index is -0.634. The number of nitrogens with zero attached hydrogens (tertiary/aromatic N) is 2. The molecule has 1 atom stereocenters. The summed E-state index contributed by atoms with van der Waals surface area (Å²) in [6.07, 6.45) is 0. The van der Waals surface area contributed by atoms with Crippen molar-refractivity contribution >= 4 is 10.9 Å². The zero-order chi connectivity index (χ0) is 22.9. The molecule has 4 aromatic rings. The number of hydrogen-bond acceptors (Lipinski definition) is 5. The highest BCUT2D eigenvalue weighted by atomic mass is 16.5. The lowest BCUT2D eigenvalue weighted by atomic mass is 9.83. The van der Waals surface area contributed by atoms with Gasteiger partial charge in [-0.15, -0.1) is 0 Å². The van der Waals surface area contributed by atoms with Crippen molar-refractivity contribution in [3.63, 3.8) is 0 Å². The summed E-state index contributed by atoms with van der Waals surface area (Å²) in [5.41, 5.74) is 9.11. The van der Waals surface area contributed by atoms with Gasteiger partial charge >= 0.3 is 0 Å². The Morgan fingerprint density at radius 1 is 1.03 bits per heavy atom. The number of para-hydroxylation sites is 1. The Morgan fingerprint density at radius 2 is 1.73 bits per heavy atom. The van der Waals surface area contributed by atoms with E-state index in [0.717, 1.165) is 22.0 Å². The highest BCUT2D eigenvalue weighted by Crippen LogP contribution is 2.43. The zero-order valence-electron chi connectivity index (χ0n) is 18.0. The standard InChI is InChI=1S/C27H21N3O3/c1-30-22-10-6-5-9-20(22)25-24(27(30)31)23(21(15-28)26(29)33-25)18-11-13-19(14-12-18)32-16-17-7-3-2-4-8-17/h2-14,23H,16,29H2,1H3/t23-/m0/s1. The first-order valence-corrected chi connectivity index (χ1v) is 10.5. The van der Waals surface area contributed by atoms with Gasteiger partial charge in [0.15, 0.2) is 0 Å². The van der Waals surface area contributed by atoms with E-state index in [4.69, 9.17) is 15.2 Å². The van der Waals surface area contributed by atoms with E-state index in [0.29, 0.717) is 23.7 Å². The van der Waals surface area contributed by atoms with Crippen molar-refractivity contribution in [2.45, 2.75) is 12.5 Å². The van der Waals surface area contributed by atoms with E-state index in [9.17, 15) is 10.1 Å². The number of benzene rings is 3. The number of nitrogens with two attached hydrogens (primary N) is 1. The molecule has 2 heterocycles. The van der Waals surface area contributed by atoms with Crippen LogP contribution in [0.4, 0.5) is 0 Å². The molecular weight excluding hydrogens is 414 g/mol. The third kappa shape index (κ3) is 3.50. The number of ether oxygens (including phenoxy) is 2. The summed E-state index contributed by atoms with van der Waals surface area (Å²) in [6.45, 7) is 0.448. The lowest BCUT2D eigenvalue weighted by Gasteiger charge is -2.27. The van der Waals surface area contributed by atoms with Gasteiger partial charge in [0.25, 0.3) is 5.56 Å². The summed E-state index contributed by atoms with van der Waals surface area (Å²) in [4.78, 5) is 13.4. The predicted octanol–water partition coefficient (Wildman–Crippen LogP) is 4.34. The van der Waals surface area contributed by atoms with E-state index in [-0.39, 0.29) is 17.0 Å². The summed E-state index contributed by atoms with van der Waals surface area (Å²) in [6, 6.07) is 26.9. The fraction of sp³-hybridized carbons (Fsp3) is 0.111. The molecule has 0 unspecified atom stereocenters. The minimum absolute atomic E-state index is 0.0119. The lowest BCUT2D eigenvalue weighted by molar-refractivity contribution is 0.306. The van der Waals surface area contributed by atoms with E-state index < -0.39 is 5.92 Å². The van der Waals surface area contributed by atoms with Crippen molar-refractivity contribution in [2.75, 3.05) is 0 Å². The highest BCUT2D eigenvalue weighted by molar-refractivity contribution is 5.88. The second-order valence-corrected chi connectivity index (χ2v) is 7.89. The van der Waals surface area contributed by atoms with Crippen LogP contribution in [0.1, 0.15) is 22.6 Å². The van der Waals surface area contributed by atoms with Crippen molar-refractivity contribution in [1.82, 2.24) is 4.57 Å². The van der Waals surface area contributed by atoms with Gasteiger partial charge in [-0.1, -0.05) is 54.6 Å². The molecular formula is C27H21N3O3. The zero-order valence-corrected chi connectivity index (χ0v) is 18.0. The number of pyridine rings is 1. The van der Waals surface area contributed by atoms with Gasteiger partial charge < -0.3 is 19.8 Å². The van der Waals surface area contributed by atoms with E-state index in [1.54, 1.807) is 11.6 Å². The predicted molar refractivity (Wildman–Crippen MR) is 126 cm³/mol. The molecule has 6 heteroatoms. The van der Waals surface area contributed by atoms with Crippen molar-refractivity contribution in [1.29, 1.82) is 5.26 Å². The first kappa shape index (κ1) is 20.4. The van der Waals surface area contributed by atoms with E-state index in [1.165, 1.54) is 0 Å². The molecule has 0 radical (unpaired) electrons. The fourth-order valence-electron chi connectivity index (χ4n) is 4.26. The summed E-state index contributed by atoms with van der Waals surface area (Å²) in [5.74, 6) is 0.472. The molecule has 0 aliphatic carbocycles. The number of aromatic nitrogens is 1. The highest BCUT2D eigenvalue weighted by Gasteiger charge is 2.35.